The Balaban J connectivity index is 1.30. The number of piperidine rings is 1. The van der Waals surface area contributed by atoms with Gasteiger partial charge in [0.25, 0.3) is 0 Å². The molecule has 0 aliphatic carbocycles. The fourth-order valence-electron chi connectivity index (χ4n) is 4.57. The van der Waals surface area contributed by atoms with Crippen molar-refractivity contribution in [1.29, 1.82) is 0 Å². The van der Waals surface area contributed by atoms with Gasteiger partial charge in [0, 0.05) is 50.5 Å². The minimum absolute atomic E-state index is 0.492. The summed E-state index contributed by atoms with van der Waals surface area (Å²) in [6, 6.07) is 8.94. The normalized spacial score (nSPS) is 29.8. The summed E-state index contributed by atoms with van der Waals surface area (Å²) >= 11 is -1.90. The van der Waals surface area contributed by atoms with E-state index in [2.05, 4.69) is 15.1 Å². The van der Waals surface area contributed by atoms with Crippen molar-refractivity contribution >= 4 is 16.8 Å². The number of piperazine rings is 1. The van der Waals surface area contributed by atoms with Crippen molar-refractivity contribution in [3.8, 4) is 0 Å². The molecule has 3 atom stereocenters. The third-order valence-corrected chi connectivity index (χ3v) is 6.46. The van der Waals surface area contributed by atoms with E-state index in [9.17, 15) is 8.76 Å². The fraction of sp³-hybridized carbons (Fsp3) is 0.667. The van der Waals surface area contributed by atoms with Crippen LogP contribution in [0.4, 0.5) is 5.69 Å². The molecule has 24 heavy (non-hydrogen) atoms. The average Bonchev–Trinajstić information content (AvgIpc) is 2.94. The van der Waals surface area contributed by atoms with Crippen LogP contribution < -0.4 is 10.2 Å². The molecule has 3 aliphatic heterocycles. The van der Waals surface area contributed by atoms with E-state index in [1.54, 1.807) is 6.07 Å². The summed E-state index contributed by atoms with van der Waals surface area (Å²) in [5.74, 6) is 0.786. The van der Waals surface area contributed by atoms with Gasteiger partial charge in [-0.1, -0.05) is 6.07 Å². The van der Waals surface area contributed by atoms with Crippen molar-refractivity contribution in [3.63, 3.8) is 0 Å². The number of nitrogens with zero attached hydrogens (tertiary/aromatic N) is 2. The first-order valence-corrected chi connectivity index (χ1v) is 10.2. The predicted molar refractivity (Wildman–Crippen MR) is 96.8 cm³/mol. The summed E-state index contributed by atoms with van der Waals surface area (Å²) in [6.45, 7) is 5.78. The van der Waals surface area contributed by atoms with Gasteiger partial charge < -0.3 is 14.8 Å². The van der Waals surface area contributed by atoms with Crippen LogP contribution in [-0.4, -0.2) is 58.5 Å². The maximum atomic E-state index is 11.2. The molecule has 3 aliphatic rings. The van der Waals surface area contributed by atoms with Crippen molar-refractivity contribution in [3.05, 3.63) is 24.3 Å². The number of rotatable bonds is 4. The van der Waals surface area contributed by atoms with E-state index < -0.39 is 11.1 Å². The Kier molecular flexibility index (Phi) is 4.90. The first-order chi connectivity index (χ1) is 11.7. The van der Waals surface area contributed by atoms with E-state index >= 15 is 0 Å². The molecular formula is C18H27N3O2S. The predicted octanol–water partition coefficient (Wildman–Crippen LogP) is 1.92. The molecule has 0 aromatic heterocycles. The topological polar surface area (TPSA) is 55.8 Å². The molecule has 5 nitrogen and oxygen atoms in total. The van der Waals surface area contributed by atoms with Gasteiger partial charge in [0.05, 0.1) is 4.90 Å². The van der Waals surface area contributed by atoms with Crippen LogP contribution in [0.15, 0.2) is 29.2 Å². The van der Waals surface area contributed by atoms with Gasteiger partial charge in [0.1, 0.15) is 0 Å². The van der Waals surface area contributed by atoms with Crippen molar-refractivity contribution in [1.82, 2.24) is 10.2 Å². The highest BCUT2D eigenvalue weighted by atomic mass is 32.2. The largest absolute Gasteiger partial charge is 0.371 e. The van der Waals surface area contributed by atoms with Crippen molar-refractivity contribution in [2.75, 3.05) is 37.6 Å². The van der Waals surface area contributed by atoms with Crippen LogP contribution in [0.25, 0.3) is 0 Å². The molecule has 1 aromatic carbocycles. The zero-order valence-electron chi connectivity index (χ0n) is 14.1. The molecule has 0 saturated carbocycles. The molecule has 3 unspecified atom stereocenters. The van der Waals surface area contributed by atoms with Crippen LogP contribution >= 0.6 is 0 Å². The van der Waals surface area contributed by atoms with Crippen LogP contribution in [0, 0.1) is 5.92 Å². The summed E-state index contributed by atoms with van der Waals surface area (Å²) in [5.41, 5.74) is 1.08. The van der Waals surface area contributed by atoms with Crippen LogP contribution in [0.5, 0.6) is 0 Å². The van der Waals surface area contributed by atoms with Gasteiger partial charge in [0.15, 0.2) is 11.1 Å². The molecule has 132 valence electrons. The average molecular weight is 350 g/mol. The van der Waals surface area contributed by atoms with E-state index in [0.29, 0.717) is 4.90 Å². The molecule has 3 saturated heterocycles. The summed E-state index contributed by atoms with van der Waals surface area (Å²) in [5, 5.41) is 3.71. The summed E-state index contributed by atoms with van der Waals surface area (Å²) in [7, 11) is 0. The summed E-state index contributed by atoms with van der Waals surface area (Å²) in [6.07, 6.45) is 5.13. The summed E-state index contributed by atoms with van der Waals surface area (Å²) in [4.78, 5) is 5.52. The van der Waals surface area contributed by atoms with Gasteiger partial charge in [-0.2, -0.15) is 0 Å². The molecule has 0 radical (unpaired) electrons. The Morgan fingerprint density at radius 1 is 1.12 bits per heavy atom. The zero-order chi connectivity index (χ0) is 16.5. The fourth-order valence-corrected chi connectivity index (χ4v) is 4.98. The van der Waals surface area contributed by atoms with Gasteiger partial charge in [-0.15, -0.1) is 0 Å². The second-order valence-corrected chi connectivity index (χ2v) is 8.50. The standard InChI is InChI=1S/C18H27N3O2S/c22-24(23)18-3-1-2-17(10-18)21-8-6-14(7-9-21)11-20-12-15-4-5-16(13-20)19-15/h1-3,10,14-16,19H,4-9,11-13H2,(H,22,23). The lowest BCUT2D eigenvalue weighted by atomic mass is 9.95. The molecular weight excluding hydrogens is 322 g/mol. The van der Waals surface area contributed by atoms with E-state index in [0.717, 1.165) is 36.8 Å². The molecule has 2 N–H and O–H groups in total. The highest BCUT2D eigenvalue weighted by Crippen LogP contribution is 2.27. The number of hydrogen-bond donors (Lipinski definition) is 2. The smallest absolute Gasteiger partial charge is 0.186 e. The summed E-state index contributed by atoms with van der Waals surface area (Å²) < 4.78 is 20.5. The van der Waals surface area contributed by atoms with Gasteiger partial charge in [0.2, 0.25) is 0 Å². The Morgan fingerprint density at radius 3 is 2.50 bits per heavy atom. The molecule has 4 rings (SSSR count). The second kappa shape index (κ2) is 7.12. The van der Waals surface area contributed by atoms with Gasteiger partial charge in [-0.25, -0.2) is 4.21 Å². The lowest BCUT2D eigenvalue weighted by Gasteiger charge is -2.39. The third-order valence-electron chi connectivity index (χ3n) is 5.81. The number of fused-ring (bicyclic) bond motifs is 2. The van der Waals surface area contributed by atoms with Crippen LogP contribution in [0.2, 0.25) is 0 Å². The maximum absolute atomic E-state index is 11.2. The zero-order valence-corrected chi connectivity index (χ0v) is 14.9. The first kappa shape index (κ1) is 16.5. The van der Waals surface area contributed by atoms with E-state index in [4.69, 9.17) is 0 Å². The van der Waals surface area contributed by atoms with Crippen molar-refractivity contribution in [2.45, 2.75) is 42.7 Å². The minimum Gasteiger partial charge on any atom is -0.371 e. The molecule has 6 heteroatoms. The maximum Gasteiger partial charge on any atom is 0.186 e. The Hall–Kier alpha value is -0.950. The molecule has 3 heterocycles. The highest BCUT2D eigenvalue weighted by Gasteiger charge is 2.33. The highest BCUT2D eigenvalue weighted by molar-refractivity contribution is 7.79. The van der Waals surface area contributed by atoms with Crippen LogP contribution in [0.1, 0.15) is 25.7 Å². The molecule has 1 aromatic rings. The second-order valence-electron chi connectivity index (χ2n) is 7.53. The third kappa shape index (κ3) is 3.67. The van der Waals surface area contributed by atoms with E-state index in [-0.39, 0.29) is 0 Å². The molecule has 3 fully saturated rings. The van der Waals surface area contributed by atoms with Gasteiger partial charge in [-0.05, 0) is 49.8 Å². The number of likely N-dealkylation sites (tertiary alicyclic amines) is 1. The quantitative estimate of drug-likeness (QED) is 0.814. The molecule has 0 spiro atoms. The number of benzene rings is 1. The molecule has 2 bridgehead atoms. The van der Waals surface area contributed by atoms with E-state index in [1.165, 1.54) is 45.3 Å². The lowest BCUT2D eigenvalue weighted by Crippen LogP contribution is -2.52. The van der Waals surface area contributed by atoms with Crippen molar-refractivity contribution < 1.29 is 8.76 Å². The Labute approximate surface area is 146 Å². The van der Waals surface area contributed by atoms with E-state index in [1.807, 2.05) is 18.2 Å². The number of anilines is 1. The number of nitrogens with one attached hydrogen (secondary N) is 1. The van der Waals surface area contributed by atoms with Crippen LogP contribution in [-0.2, 0) is 11.1 Å². The van der Waals surface area contributed by atoms with Crippen LogP contribution in [0.3, 0.4) is 0 Å². The Morgan fingerprint density at radius 2 is 1.83 bits per heavy atom. The lowest BCUT2D eigenvalue weighted by molar-refractivity contribution is 0.159. The Bertz CT molecular complexity index is 592. The van der Waals surface area contributed by atoms with Gasteiger partial charge >= 0.3 is 0 Å². The SMILES string of the molecule is O=S(O)c1cccc(N2CCC(CN3CC4CCC(C3)N4)CC2)c1. The number of hydrogen-bond acceptors (Lipinski definition) is 4. The van der Waals surface area contributed by atoms with Crippen molar-refractivity contribution in [2.24, 2.45) is 5.92 Å². The molecule has 0 amide bonds. The first-order valence-electron chi connectivity index (χ1n) is 9.11. The monoisotopic (exact) mass is 349 g/mol. The minimum atomic E-state index is -1.90. The van der Waals surface area contributed by atoms with Gasteiger partial charge in [-0.3, -0.25) is 4.90 Å².